The van der Waals surface area contributed by atoms with Crippen LogP contribution in [0.3, 0.4) is 0 Å². The van der Waals surface area contributed by atoms with Crippen molar-refractivity contribution in [2.75, 3.05) is 5.32 Å². The van der Waals surface area contributed by atoms with Crippen molar-refractivity contribution >= 4 is 28.8 Å². The zero-order valence-electron chi connectivity index (χ0n) is 14.7. The molecule has 0 bridgehead atoms. The highest BCUT2D eigenvalue weighted by molar-refractivity contribution is 5.92. The number of fused-ring (bicyclic) bond motifs is 1. The molecule has 0 fully saturated rings. The van der Waals surface area contributed by atoms with E-state index in [1.807, 2.05) is 19.1 Å². The zero-order valence-corrected chi connectivity index (χ0v) is 14.7. The smallest absolute Gasteiger partial charge is 0.326 e. The third-order valence-corrected chi connectivity index (χ3v) is 4.02. The molecule has 3 N–H and O–H groups in total. The quantitative estimate of drug-likeness (QED) is 0.630. The number of carbonyl (C=O) groups is 2. The SMILES string of the molecule is CC[C@H](NC(=O)Nc1ccc(-c2nc3cc(C)ccc3o2)cc1F)C(=O)O. The third-order valence-electron chi connectivity index (χ3n) is 4.02. The lowest BCUT2D eigenvalue weighted by Gasteiger charge is -2.13. The van der Waals surface area contributed by atoms with Gasteiger partial charge in [0.25, 0.3) is 0 Å². The Morgan fingerprint density at radius 3 is 2.70 bits per heavy atom. The molecule has 1 aromatic heterocycles. The molecule has 3 rings (SSSR count). The van der Waals surface area contributed by atoms with Gasteiger partial charge in [0.15, 0.2) is 5.58 Å². The molecule has 0 unspecified atom stereocenters. The van der Waals surface area contributed by atoms with E-state index in [1.165, 1.54) is 12.1 Å². The number of hydrogen-bond donors (Lipinski definition) is 3. The van der Waals surface area contributed by atoms with Crippen LogP contribution in [0.25, 0.3) is 22.6 Å². The van der Waals surface area contributed by atoms with Crippen LogP contribution in [0.2, 0.25) is 0 Å². The van der Waals surface area contributed by atoms with Crippen LogP contribution < -0.4 is 10.6 Å². The van der Waals surface area contributed by atoms with Crippen molar-refractivity contribution in [2.45, 2.75) is 26.3 Å². The molecular formula is C19H18FN3O4. The van der Waals surface area contributed by atoms with Crippen LogP contribution in [0.15, 0.2) is 40.8 Å². The Morgan fingerprint density at radius 1 is 1.26 bits per heavy atom. The molecule has 0 aliphatic heterocycles. The van der Waals surface area contributed by atoms with Gasteiger partial charge in [0.2, 0.25) is 5.89 Å². The molecule has 0 saturated heterocycles. The monoisotopic (exact) mass is 371 g/mol. The predicted molar refractivity (Wildman–Crippen MR) is 98.0 cm³/mol. The molecule has 0 aliphatic rings. The van der Waals surface area contributed by atoms with Crippen LogP contribution in [0.5, 0.6) is 0 Å². The fraction of sp³-hybridized carbons (Fsp3) is 0.211. The summed E-state index contributed by atoms with van der Waals surface area (Å²) in [5, 5.41) is 13.5. The minimum atomic E-state index is -1.16. The number of aryl methyl sites for hydroxylation is 1. The molecule has 8 heteroatoms. The highest BCUT2D eigenvalue weighted by Gasteiger charge is 2.18. The molecule has 1 atom stereocenters. The normalized spacial score (nSPS) is 12.0. The maximum absolute atomic E-state index is 14.4. The summed E-state index contributed by atoms with van der Waals surface area (Å²) in [7, 11) is 0. The van der Waals surface area contributed by atoms with E-state index in [1.54, 1.807) is 19.1 Å². The molecule has 7 nitrogen and oxygen atoms in total. The largest absolute Gasteiger partial charge is 0.480 e. The van der Waals surface area contributed by atoms with Gasteiger partial charge >= 0.3 is 12.0 Å². The van der Waals surface area contributed by atoms with E-state index in [4.69, 9.17) is 9.52 Å². The molecule has 2 amide bonds. The molecule has 140 valence electrons. The van der Waals surface area contributed by atoms with E-state index in [-0.39, 0.29) is 18.0 Å². The average Bonchev–Trinajstić information content (AvgIpc) is 3.04. The summed E-state index contributed by atoms with van der Waals surface area (Å²) in [4.78, 5) is 27.2. The number of aliphatic carboxylic acids is 1. The number of halogens is 1. The van der Waals surface area contributed by atoms with Crippen molar-refractivity contribution in [1.29, 1.82) is 0 Å². The van der Waals surface area contributed by atoms with Gasteiger partial charge in [-0.15, -0.1) is 0 Å². The Labute approximate surface area is 154 Å². The van der Waals surface area contributed by atoms with Crippen LogP contribution in [0.4, 0.5) is 14.9 Å². The number of carbonyl (C=O) groups excluding carboxylic acids is 1. The summed E-state index contributed by atoms with van der Waals surface area (Å²) in [6.45, 7) is 3.56. The number of anilines is 1. The number of hydrogen-bond acceptors (Lipinski definition) is 4. The van der Waals surface area contributed by atoms with Crippen LogP contribution >= 0.6 is 0 Å². The number of carboxylic acid groups (broad SMARTS) is 1. The second kappa shape index (κ2) is 7.45. The van der Waals surface area contributed by atoms with Gasteiger partial charge in [0.1, 0.15) is 17.4 Å². The number of nitrogens with one attached hydrogen (secondary N) is 2. The first-order valence-electron chi connectivity index (χ1n) is 8.35. The predicted octanol–water partition coefficient (Wildman–Crippen LogP) is 3.93. The standard InChI is InChI=1S/C19H18FN3O4/c1-3-13(18(24)25)22-19(26)23-14-6-5-11(9-12(14)20)17-21-15-8-10(2)4-7-16(15)27-17/h4-9,13H,3H2,1-2H3,(H,24,25)(H2,22,23,26)/t13-/m0/s1. The van der Waals surface area contributed by atoms with Gasteiger partial charge in [-0.3, -0.25) is 0 Å². The first-order chi connectivity index (χ1) is 12.9. The summed E-state index contributed by atoms with van der Waals surface area (Å²) in [6.07, 6.45) is 0.210. The first-order valence-corrected chi connectivity index (χ1v) is 8.35. The number of aromatic nitrogens is 1. The van der Waals surface area contributed by atoms with Crippen molar-refractivity contribution in [3.8, 4) is 11.5 Å². The van der Waals surface area contributed by atoms with Crippen LogP contribution in [-0.2, 0) is 4.79 Å². The van der Waals surface area contributed by atoms with Crippen molar-refractivity contribution in [1.82, 2.24) is 10.3 Å². The van der Waals surface area contributed by atoms with Gasteiger partial charge in [0.05, 0.1) is 5.69 Å². The number of urea groups is 1. The molecule has 0 radical (unpaired) electrons. The number of benzene rings is 2. The first kappa shape index (κ1) is 18.4. The molecule has 2 aromatic carbocycles. The highest BCUT2D eigenvalue weighted by Crippen LogP contribution is 2.27. The fourth-order valence-electron chi connectivity index (χ4n) is 2.57. The minimum Gasteiger partial charge on any atom is -0.480 e. The van der Waals surface area contributed by atoms with Gasteiger partial charge < -0.3 is 20.2 Å². The summed E-state index contributed by atoms with van der Waals surface area (Å²) < 4.78 is 20.0. The number of rotatable bonds is 5. The molecule has 0 spiro atoms. The van der Waals surface area contributed by atoms with Crippen LogP contribution in [-0.4, -0.2) is 28.1 Å². The lowest BCUT2D eigenvalue weighted by Crippen LogP contribution is -2.42. The highest BCUT2D eigenvalue weighted by atomic mass is 19.1. The maximum Gasteiger partial charge on any atom is 0.326 e. The van der Waals surface area contributed by atoms with E-state index < -0.39 is 23.9 Å². The molecule has 3 aromatic rings. The van der Waals surface area contributed by atoms with Gasteiger partial charge in [-0.25, -0.2) is 19.0 Å². The summed E-state index contributed by atoms with van der Waals surface area (Å²) >= 11 is 0. The second-order valence-corrected chi connectivity index (χ2v) is 6.08. The molecule has 0 aliphatic carbocycles. The Morgan fingerprint density at radius 2 is 2.04 bits per heavy atom. The van der Waals surface area contributed by atoms with E-state index in [0.29, 0.717) is 16.7 Å². The second-order valence-electron chi connectivity index (χ2n) is 6.08. The Kier molecular flexibility index (Phi) is 5.07. The van der Waals surface area contributed by atoms with Crippen molar-refractivity contribution < 1.29 is 23.5 Å². The van der Waals surface area contributed by atoms with Gasteiger partial charge in [-0.1, -0.05) is 13.0 Å². The van der Waals surface area contributed by atoms with E-state index in [9.17, 15) is 14.0 Å². The van der Waals surface area contributed by atoms with E-state index in [2.05, 4.69) is 15.6 Å². The topological polar surface area (TPSA) is 104 Å². The maximum atomic E-state index is 14.4. The van der Waals surface area contributed by atoms with Gasteiger partial charge in [0, 0.05) is 5.56 Å². The lowest BCUT2D eigenvalue weighted by atomic mass is 10.2. The van der Waals surface area contributed by atoms with Gasteiger partial charge in [-0.2, -0.15) is 0 Å². The molecule has 0 saturated carbocycles. The average molecular weight is 371 g/mol. The summed E-state index contributed by atoms with van der Waals surface area (Å²) in [5.74, 6) is -1.58. The van der Waals surface area contributed by atoms with E-state index in [0.717, 1.165) is 5.56 Å². The Balaban J connectivity index is 1.78. The fourth-order valence-corrected chi connectivity index (χ4v) is 2.57. The number of nitrogens with zero attached hydrogens (tertiary/aromatic N) is 1. The number of carboxylic acids is 1. The van der Waals surface area contributed by atoms with Crippen molar-refractivity contribution in [3.05, 3.63) is 47.8 Å². The number of oxazole rings is 1. The van der Waals surface area contributed by atoms with Crippen molar-refractivity contribution in [3.63, 3.8) is 0 Å². The van der Waals surface area contributed by atoms with Crippen LogP contribution in [0.1, 0.15) is 18.9 Å². The summed E-state index contributed by atoms with van der Waals surface area (Å²) in [6, 6.07) is 7.84. The van der Waals surface area contributed by atoms with Crippen LogP contribution in [0, 0.1) is 12.7 Å². The molecular weight excluding hydrogens is 353 g/mol. The van der Waals surface area contributed by atoms with E-state index >= 15 is 0 Å². The Bertz CT molecular complexity index is 1020. The van der Waals surface area contributed by atoms with Gasteiger partial charge in [-0.05, 0) is 49.2 Å². The minimum absolute atomic E-state index is 0.0801. The number of amides is 2. The molecule has 1 heterocycles. The molecule has 27 heavy (non-hydrogen) atoms. The third kappa shape index (κ3) is 4.05. The van der Waals surface area contributed by atoms with Crippen molar-refractivity contribution in [2.24, 2.45) is 0 Å². The Hall–Kier alpha value is -3.42. The summed E-state index contributed by atoms with van der Waals surface area (Å²) in [5.41, 5.74) is 2.64. The lowest BCUT2D eigenvalue weighted by molar-refractivity contribution is -0.139. The zero-order chi connectivity index (χ0) is 19.6.